The fourth-order valence-corrected chi connectivity index (χ4v) is 13.8. The number of carbonyl (C=O) groups is 3. The maximum Gasteiger partial charge on any atom is 0.319 e. The molecule has 2 saturated carbocycles. The summed E-state index contributed by atoms with van der Waals surface area (Å²) in [7, 11) is 0. The highest BCUT2D eigenvalue weighted by molar-refractivity contribution is 6.06. The lowest BCUT2D eigenvalue weighted by molar-refractivity contribution is -0.136. The maximum atomic E-state index is 17.2. The van der Waals surface area contributed by atoms with Gasteiger partial charge in [0.25, 0.3) is 5.91 Å². The number of piperazine rings is 2. The summed E-state index contributed by atoms with van der Waals surface area (Å²) in [4.78, 5) is 58.5. The Balaban J connectivity index is 0.630. The Bertz CT molecular complexity index is 3120. The molecule has 7 heterocycles. The van der Waals surface area contributed by atoms with E-state index in [9.17, 15) is 19.5 Å². The third-order valence-electron chi connectivity index (χ3n) is 17.9. The van der Waals surface area contributed by atoms with Crippen LogP contribution in [0.25, 0.3) is 32.8 Å². The first kappa shape index (κ1) is 46.4. The van der Waals surface area contributed by atoms with E-state index in [0.717, 1.165) is 89.3 Å². The highest BCUT2D eigenvalue weighted by Gasteiger charge is 2.50. The van der Waals surface area contributed by atoms with Crippen molar-refractivity contribution in [2.75, 3.05) is 81.9 Å². The van der Waals surface area contributed by atoms with Gasteiger partial charge in [-0.2, -0.15) is 9.97 Å². The van der Waals surface area contributed by atoms with Crippen LogP contribution in [0.2, 0.25) is 0 Å². The average molecular weight is 990 g/mol. The van der Waals surface area contributed by atoms with Gasteiger partial charge in [0.05, 0.1) is 12.2 Å². The number of terminal acetylenes is 1. The number of aromatic nitrogens is 2. The van der Waals surface area contributed by atoms with Gasteiger partial charge in [0, 0.05) is 116 Å². The van der Waals surface area contributed by atoms with Crippen LogP contribution < -0.4 is 25.2 Å². The summed E-state index contributed by atoms with van der Waals surface area (Å²) < 4.78 is 40.3. The molecule has 2 bridgehead atoms. The largest absolute Gasteiger partial charge is 0.508 e. The molecule has 2 unspecified atom stereocenters. The number of phenolic OH excluding ortho intramolecular Hbond substituents is 1. The molecule has 0 radical (unpaired) electrons. The number of phenols is 1. The quantitative estimate of drug-likeness (QED) is 0.0970. The molecule has 73 heavy (non-hydrogen) atoms. The van der Waals surface area contributed by atoms with Gasteiger partial charge in [-0.1, -0.05) is 18.1 Å². The van der Waals surface area contributed by atoms with E-state index in [-0.39, 0.29) is 75.4 Å². The molecule has 7 fully saturated rings. The number of likely N-dealkylation sites (tertiary alicyclic amines) is 1. The summed E-state index contributed by atoms with van der Waals surface area (Å²) in [6.07, 6.45) is 15.6. The Morgan fingerprint density at radius 3 is 2.37 bits per heavy atom. The van der Waals surface area contributed by atoms with Crippen molar-refractivity contribution in [2.45, 2.75) is 88.9 Å². The molecule has 3 atom stereocenters. The number of hydrogen-bond donors (Lipinski definition) is 3. The number of hydrogen-bond acceptors (Lipinski definition) is 12. The van der Waals surface area contributed by atoms with Crippen molar-refractivity contribution in [3.8, 4) is 35.2 Å². The number of piperidine rings is 2. The highest BCUT2D eigenvalue weighted by Crippen LogP contribution is 2.54. The van der Waals surface area contributed by atoms with E-state index >= 15 is 8.78 Å². The Morgan fingerprint density at radius 1 is 0.849 bits per heavy atom. The lowest BCUT2D eigenvalue weighted by atomic mass is 9.57. The molecule has 5 saturated heterocycles. The third-order valence-corrected chi connectivity index (χ3v) is 17.9. The Kier molecular flexibility index (Phi) is 11.4. The SMILES string of the molecule is C#Cc1cccc2cc(O)cc(-c3c(F)cc4c(N5CC6CCC(C5)N6)nc(OCC5(CN6CCC7(CC6)CC(CN6CCN(c8ccc9c(c8)CN([C@H]8CCC(=O)NC8=O)C9=O)CC6)C7)CC5)nc4c3F)c12. The molecular formula is C57H61F2N9O5. The predicted molar refractivity (Wildman–Crippen MR) is 273 cm³/mol. The number of nitrogens with one attached hydrogen (secondary N) is 2. The van der Waals surface area contributed by atoms with Crippen molar-refractivity contribution in [2.24, 2.45) is 16.7 Å². The van der Waals surface area contributed by atoms with Gasteiger partial charge >= 0.3 is 6.01 Å². The summed E-state index contributed by atoms with van der Waals surface area (Å²) in [6, 6.07) is 15.5. The molecule has 3 N–H and O–H groups in total. The number of imide groups is 1. The molecule has 4 aromatic carbocycles. The second-order valence-corrected chi connectivity index (χ2v) is 22.7. The molecule has 13 rings (SSSR count). The van der Waals surface area contributed by atoms with Gasteiger partial charge in [-0.15, -0.1) is 6.42 Å². The average Bonchev–Trinajstić information content (AvgIpc) is 3.95. The lowest BCUT2D eigenvalue weighted by Gasteiger charge is -2.54. The van der Waals surface area contributed by atoms with E-state index in [4.69, 9.17) is 21.1 Å². The third kappa shape index (κ3) is 8.51. The molecule has 5 aromatic rings. The van der Waals surface area contributed by atoms with Crippen LogP contribution in [0.15, 0.2) is 54.6 Å². The Morgan fingerprint density at radius 2 is 1.63 bits per heavy atom. The molecule has 14 nitrogen and oxygen atoms in total. The minimum Gasteiger partial charge on any atom is -0.508 e. The summed E-state index contributed by atoms with van der Waals surface area (Å²) in [5.41, 5.74) is 3.39. The zero-order valence-electron chi connectivity index (χ0n) is 41.1. The van der Waals surface area contributed by atoms with E-state index in [1.54, 1.807) is 29.2 Å². The number of carbonyl (C=O) groups excluding carboxylic acids is 3. The van der Waals surface area contributed by atoms with Crippen LogP contribution >= 0.6 is 0 Å². The molecule has 3 amide bonds. The van der Waals surface area contributed by atoms with Crippen molar-refractivity contribution < 1.29 is 33.0 Å². The van der Waals surface area contributed by atoms with E-state index in [1.165, 1.54) is 37.8 Å². The van der Waals surface area contributed by atoms with Crippen LogP contribution in [0, 0.1) is 40.7 Å². The minimum atomic E-state index is -0.848. The first-order valence-corrected chi connectivity index (χ1v) is 26.4. The van der Waals surface area contributed by atoms with E-state index in [2.05, 4.69) is 42.2 Å². The number of fused-ring (bicyclic) bond motifs is 5. The number of halogens is 2. The van der Waals surface area contributed by atoms with E-state index in [0.29, 0.717) is 71.7 Å². The van der Waals surface area contributed by atoms with Crippen LogP contribution in [0.4, 0.5) is 20.3 Å². The lowest BCUT2D eigenvalue weighted by Crippen LogP contribution is -2.53. The van der Waals surface area contributed by atoms with Gasteiger partial charge in [-0.25, -0.2) is 8.78 Å². The number of anilines is 2. The fourth-order valence-electron chi connectivity index (χ4n) is 13.8. The number of aromatic hydroxyl groups is 1. The van der Waals surface area contributed by atoms with Crippen LogP contribution in [0.3, 0.4) is 0 Å². The normalized spacial score (nSPS) is 24.8. The van der Waals surface area contributed by atoms with Crippen molar-refractivity contribution in [3.63, 3.8) is 0 Å². The van der Waals surface area contributed by atoms with Crippen LogP contribution in [-0.2, 0) is 16.1 Å². The molecule has 1 spiro atoms. The number of rotatable bonds is 11. The maximum absolute atomic E-state index is 17.2. The molecule has 1 aromatic heterocycles. The number of ether oxygens (including phenoxy) is 1. The van der Waals surface area contributed by atoms with Gasteiger partial charge in [0.1, 0.15) is 28.9 Å². The zero-order valence-corrected chi connectivity index (χ0v) is 41.1. The Labute approximate surface area is 423 Å². The summed E-state index contributed by atoms with van der Waals surface area (Å²) in [5.74, 6) is 1.27. The predicted octanol–water partition coefficient (Wildman–Crippen LogP) is 6.59. The molecule has 6 aliphatic heterocycles. The first-order valence-electron chi connectivity index (χ1n) is 26.4. The second kappa shape index (κ2) is 17.9. The van der Waals surface area contributed by atoms with Crippen LogP contribution in [0.5, 0.6) is 11.8 Å². The molecule has 16 heteroatoms. The summed E-state index contributed by atoms with van der Waals surface area (Å²) in [6.45, 7) is 10.2. The van der Waals surface area contributed by atoms with Gasteiger partial charge in [-0.3, -0.25) is 24.6 Å². The number of nitrogens with zero attached hydrogens (tertiary/aromatic N) is 7. The van der Waals surface area contributed by atoms with Crippen LogP contribution in [-0.4, -0.2) is 138 Å². The second-order valence-electron chi connectivity index (χ2n) is 22.7. The van der Waals surface area contributed by atoms with Crippen LogP contribution in [0.1, 0.15) is 85.7 Å². The van der Waals surface area contributed by atoms with Crippen molar-refractivity contribution in [1.29, 1.82) is 0 Å². The van der Waals surface area contributed by atoms with Gasteiger partial charge < -0.3 is 34.8 Å². The van der Waals surface area contributed by atoms with E-state index < -0.39 is 17.7 Å². The minimum absolute atomic E-state index is 0.0263. The number of benzene rings is 4. The molecule has 8 aliphatic rings. The van der Waals surface area contributed by atoms with Crippen molar-refractivity contribution in [3.05, 3.63) is 82.9 Å². The van der Waals surface area contributed by atoms with Gasteiger partial charge in [0.2, 0.25) is 11.8 Å². The molecular weight excluding hydrogens is 929 g/mol. The molecule has 2 aliphatic carbocycles. The summed E-state index contributed by atoms with van der Waals surface area (Å²) in [5, 5.41) is 18.1. The standard InChI is InChI=1S/C57H61F2N9O5/c1-2-35-4-3-5-36-23-41(69)24-43(48(35)36)49-45(58)25-44-51(50(49)59)62-55(63-52(44)67-30-38-6-7-39(31-67)60-38)73-33-57(12-13-57)32-65-16-14-56(15-17-65)26-34(27-56)28-64-18-20-66(21-19-64)40-8-9-42-37(22-40)29-68(54(42)72)46-10-11-47(70)61-53(46)71/h1,3-5,8-9,22-25,34,38-39,46,60,69H,6-7,10-21,26-33H2,(H,61,70,71)/t38?,39?,46-/m0/s1. The Hall–Kier alpha value is -6.41. The van der Waals surface area contributed by atoms with Gasteiger partial charge in [-0.05, 0) is 136 Å². The monoisotopic (exact) mass is 989 g/mol. The van der Waals surface area contributed by atoms with Crippen molar-refractivity contribution in [1.82, 2.24) is 35.3 Å². The molecule has 378 valence electrons. The number of amides is 3. The fraction of sp³-hybridized carbons (Fsp3) is 0.491. The zero-order chi connectivity index (χ0) is 49.8. The first-order chi connectivity index (χ1) is 35.4. The van der Waals surface area contributed by atoms with Crippen molar-refractivity contribution >= 4 is 50.9 Å². The topological polar surface area (TPSA) is 147 Å². The highest BCUT2D eigenvalue weighted by atomic mass is 19.1. The van der Waals surface area contributed by atoms with Gasteiger partial charge in [0.15, 0.2) is 5.82 Å². The summed E-state index contributed by atoms with van der Waals surface area (Å²) >= 11 is 0. The smallest absolute Gasteiger partial charge is 0.319 e. The van der Waals surface area contributed by atoms with E-state index in [1.807, 2.05) is 12.1 Å².